The van der Waals surface area contributed by atoms with Gasteiger partial charge >= 0.3 is 0 Å². The molecule has 0 fully saturated rings. The predicted octanol–water partition coefficient (Wildman–Crippen LogP) is 1.02. The van der Waals surface area contributed by atoms with Crippen molar-refractivity contribution in [2.75, 3.05) is 5.32 Å². The molecule has 1 rings (SSSR count). The van der Waals surface area contributed by atoms with Crippen LogP contribution in [-0.2, 0) is 4.79 Å². The number of halogens is 1. The highest BCUT2D eigenvalue weighted by molar-refractivity contribution is 6.33. The topological polar surface area (TPSA) is 68.0 Å². The summed E-state index contributed by atoms with van der Waals surface area (Å²) in [6.07, 6.45) is 3.02. The summed E-state index contributed by atoms with van der Waals surface area (Å²) in [5, 5.41) is 3.00. The first kappa shape index (κ1) is 9.95. The average molecular weight is 200 g/mol. The molecule has 1 heterocycles. The van der Waals surface area contributed by atoms with Gasteiger partial charge in [0.25, 0.3) is 0 Å². The number of nitrogens with zero attached hydrogens (tertiary/aromatic N) is 1. The first-order valence-corrected chi connectivity index (χ1v) is 4.15. The molecule has 0 aliphatic carbocycles. The molecule has 0 aliphatic rings. The van der Waals surface area contributed by atoms with Gasteiger partial charge in [0.2, 0.25) is 5.91 Å². The highest BCUT2D eigenvalue weighted by Gasteiger charge is 2.08. The minimum atomic E-state index is -0.559. The Morgan fingerprint density at radius 2 is 2.46 bits per heavy atom. The van der Waals surface area contributed by atoms with Crippen molar-refractivity contribution in [1.82, 2.24) is 4.98 Å². The van der Waals surface area contributed by atoms with Crippen molar-refractivity contribution >= 4 is 23.2 Å². The van der Waals surface area contributed by atoms with Gasteiger partial charge in [-0.1, -0.05) is 11.6 Å². The highest BCUT2D eigenvalue weighted by Crippen LogP contribution is 2.18. The fraction of sp³-hybridized carbons (Fsp3) is 0.250. The summed E-state index contributed by atoms with van der Waals surface area (Å²) < 4.78 is 0. The van der Waals surface area contributed by atoms with Gasteiger partial charge in [-0.2, -0.15) is 0 Å². The molecule has 0 radical (unpaired) electrons. The summed E-state index contributed by atoms with van der Waals surface area (Å²) in [6.45, 7) is 1.60. The summed E-state index contributed by atoms with van der Waals surface area (Å²) >= 11 is 5.78. The lowest BCUT2D eigenvalue weighted by atomic mass is 10.3. The number of rotatable bonds is 2. The van der Waals surface area contributed by atoms with Crippen molar-refractivity contribution in [2.45, 2.75) is 13.0 Å². The quantitative estimate of drug-likeness (QED) is 0.748. The number of nitrogens with two attached hydrogens (primary N) is 1. The van der Waals surface area contributed by atoms with Crippen molar-refractivity contribution < 1.29 is 4.79 Å². The molecule has 4 nitrogen and oxygen atoms in total. The summed E-state index contributed by atoms with van der Waals surface area (Å²) in [4.78, 5) is 15.0. The first-order valence-electron chi connectivity index (χ1n) is 3.77. The van der Waals surface area contributed by atoms with Crippen LogP contribution in [-0.4, -0.2) is 16.9 Å². The van der Waals surface area contributed by atoms with Crippen molar-refractivity contribution in [1.29, 1.82) is 0 Å². The van der Waals surface area contributed by atoms with Crippen LogP contribution in [0.15, 0.2) is 18.5 Å². The smallest absolute Gasteiger partial charge is 0.241 e. The maximum atomic E-state index is 11.1. The second-order valence-electron chi connectivity index (χ2n) is 2.63. The zero-order valence-corrected chi connectivity index (χ0v) is 7.88. The zero-order valence-electron chi connectivity index (χ0n) is 7.12. The monoisotopic (exact) mass is 199 g/mol. The molecular formula is C8H10ClN3O. The van der Waals surface area contributed by atoms with Crippen LogP contribution in [0.3, 0.4) is 0 Å². The second-order valence-corrected chi connectivity index (χ2v) is 3.04. The summed E-state index contributed by atoms with van der Waals surface area (Å²) in [6, 6.07) is 1.04. The third kappa shape index (κ3) is 2.68. The Kier molecular flexibility index (Phi) is 3.22. The van der Waals surface area contributed by atoms with E-state index in [1.807, 2.05) is 0 Å². The van der Waals surface area contributed by atoms with Gasteiger partial charge in [0.1, 0.15) is 0 Å². The number of aromatic nitrogens is 1. The largest absolute Gasteiger partial charge is 0.322 e. The highest BCUT2D eigenvalue weighted by atomic mass is 35.5. The number of carbonyl (C=O) groups excluding carboxylic acids is 1. The molecule has 0 aliphatic heterocycles. The van der Waals surface area contributed by atoms with E-state index in [9.17, 15) is 4.79 Å². The van der Waals surface area contributed by atoms with E-state index in [1.54, 1.807) is 19.2 Å². The van der Waals surface area contributed by atoms with Gasteiger partial charge < -0.3 is 11.1 Å². The normalized spacial score (nSPS) is 12.2. The Labute approximate surface area is 81.1 Å². The van der Waals surface area contributed by atoms with Crippen LogP contribution in [0.1, 0.15) is 6.92 Å². The molecule has 70 valence electrons. The lowest BCUT2D eigenvalue weighted by molar-refractivity contribution is -0.117. The molecule has 1 aromatic rings. The van der Waals surface area contributed by atoms with E-state index in [-0.39, 0.29) is 5.91 Å². The van der Waals surface area contributed by atoms with E-state index in [4.69, 9.17) is 17.3 Å². The Morgan fingerprint density at radius 1 is 1.77 bits per heavy atom. The van der Waals surface area contributed by atoms with E-state index in [0.29, 0.717) is 10.7 Å². The Bertz CT molecular complexity index is 314. The molecule has 0 saturated heterocycles. The Hall–Kier alpha value is -1.13. The average Bonchev–Trinajstić information content (AvgIpc) is 2.08. The van der Waals surface area contributed by atoms with Crippen LogP contribution < -0.4 is 11.1 Å². The molecule has 0 spiro atoms. The van der Waals surface area contributed by atoms with E-state index < -0.39 is 6.04 Å². The van der Waals surface area contributed by atoms with Gasteiger partial charge in [0, 0.05) is 6.20 Å². The number of anilines is 1. The fourth-order valence-electron chi connectivity index (χ4n) is 0.716. The van der Waals surface area contributed by atoms with Crippen LogP contribution in [0.2, 0.25) is 5.02 Å². The zero-order chi connectivity index (χ0) is 9.84. The van der Waals surface area contributed by atoms with E-state index >= 15 is 0 Å². The Morgan fingerprint density at radius 3 is 3.00 bits per heavy atom. The van der Waals surface area contributed by atoms with Crippen molar-refractivity contribution in [3.63, 3.8) is 0 Å². The lowest BCUT2D eigenvalue weighted by Gasteiger charge is -2.07. The summed E-state index contributed by atoms with van der Waals surface area (Å²) in [7, 11) is 0. The second kappa shape index (κ2) is 4.20. The fourth-order valence-corrected chi connectivity index (χ4v) is 0.868. The molecule has 0 unspecified atom stereocenters. The van der Waals surface area contributed by atoms with Gasteiger partial charge in [-0.3, -0.25) is 9.78 Å². The molecule has 0 bridgehead atoms. The molecule has 1 amide bonds. The number of amides is 1. The SMILES string of the molecule is C[C@@H](N)C(=O)Nc1cnccc1Cl. The van der Waals surface area contributed by atoms with Gasteiger partial charge in [0.15, 0.2) is 0 Å². The molecule has 3 N–H and O–H groups in total. The van der Waals surface area contributed by atoms with Crippen LogP contribution in [0.4, 0.5) is 5.69 Å². The summed E-state index contributed by atoms with van der Waals surface area (Å²) in [5.74, 6) is -0.282. The van der Waals surface area contributed by atoms with Crippen LogP contribution in [0.5, 0.6) is 0 Å². The first-order chi connectivity index (χ1) is 6.11. The lowest BCUT2D eigenvalue weighted by Crippen LogP contribution is -2.32. The minimum Gasteiger partial charge on any atom is -0.322 e. The predicted molar refractivity (Wildman–Crippen MR) is 51.5 cm³/mol. The number of hydrogen-bond acceptors (Lipinski definition) is 3. The third-order valence-electron chi connectivity index (χ3n) is 1.44. The van der Waals surface area contributed by atoms with Gasteiger partial charge in [-0.15, -0.1) is 0 Å². The maximum absolute atomic E-state index is 11.1. The van der Waals surface area contributed by atoms with Gasteiger partial charge in [-0.05, 0) is 13.0 Å². The van der Waals surface area contributed by atoms with E-state index in [1.165, 1.54) is 6.20 Å². The number of nitrogens with one attached hydrogen (secondary N) is 1. The number of hydrogen-bond donors (Lipinski definition) is 2. The molecular weight excluding hydrogens is 190 g/mol. The molecule has 0 saturated carbocycles. The van der Waals surface area contributed by atoms with Crippen LogP contribution >= 0.6 is 11.6 Å². The molecule has 0 aromatic carbocycles. The van der Waals surface area contributed by atoms with E-state index in [2.05, 4.69) is 10.3 Å². The van der Waals surface area contributed by atoms with Crippen molar-refractivity contribution in [3.05, 3.63) is 23.5 Å². The molecule has 1 atom stereocenters. The molecule has 5 heteroatoms. The van der Waals surface area contributed by atoms with E-state index in [0.717, 1.165) is 0 Å². The van der Waals surface area contributed by atoms with Gasteiger partial charge in [0.05, 0.1) is 22.9 Å². The number of carbonyl (C=O) groups is 1. The summed E-state index contributed by atoms with van der Waals surface area (Å²) in [5.41, 5.74) is 5.84. The minimum absolute atomic E-state index is 0.282. The molecule has 13 heavy (non-hydrogen) atoms. The Balaban J connectivity index is 2.75. The standard InChI is InChI=1S/C8H10ClN3O/c1-5(10)8(13)12-7-4-11-3-2-6(7)9/h2-5H,10H2,1H3,(H,12,13)/t5-/m1/s1. The maximum Gasteiger partial charge on any atom is 0.241 e. The van der Waals surface area contributed by atoms with Crippen LogP contribution in [0, 0.1) is 0 Å². The van der Waals surface area contributed by atoms with Crippen molar-refractivity contribution in [2.24, 2.45) is 5.73 Å². The number of pyridine rings is 1. The van der Waals surface area contributed by atoms with Gasteiger partial charge in [-0.25, -0.2) is 0 Å². The molecule has 1 aromatic heterocycles. The third-order valence-corrected chi connectivity index (χ3v) is 1.77. The van der Waals surface area contributed by atoms with Crippen molar-refractivity contribution in [3.8, 4) is 0 Å². The van der Waals surface area contributed by atoms with Crippen LogP contribution in [0.25, 0.3) is 0 Å².